The molecule has 4 rings (SSSR count). The van der Waals surface area contributed by atoms with Gasteiger partial charge in [0.05, 0.1) is 28.9 Å². The number of hydrogen-bond donors (Lipinski definition) is 3. The van der Waals surface area contributed by atoms with Crippen molar-refractivity contribution in [3.8, 4) is 6.07 Å². The van der Waals surface area contributed by atoms with Crippen molar-refractivity contribution in [1.29, 1.82) is 5.26 Å². The SMILES string of the molecule is C[C@H](CN[C@@](C)(c1ccccc1)[C@H]1CNc2cccnc2N1)c1ccc(C#N)cc1. The first-order valence-corrected chi connectivity index (χ1v) is 10.4. The molecule has 0 amide bonds. The normalized spacial score (nSPS) is 18.1. The molecule has 3 atom stereocenters. The number of fused-ring (bicyclic) bond motifs is 1. The molecule has 0 saturated heterocycles. The molecule has 0 saturated carbocycles. The molecule has 1 aliphatic heterocycles. The Bertz CT molecular complexity index is 1030. The van der Waals surface area contributed by atoms with Gasteiger partial charge in [0.15, 0.2) is 0 Å². The first kappa shape index (κ1) is 19.9. The molecule has 152 valence electrons. The van der Waals surface area contributed by atoms with E-state index in [4.69, 9.17) is 5.26 Å². The number of nitrogens with one attached hydrogen (secondary N) is 3. The van der Waals surface area contributed by atoms with E-state index in [1.807, 2.05) is 48.7 Å². The van der Waals surface area contributed by atoms with Gasteiger partial charge < -0.3 is 16.0 Å². The van der Waals surface area contributed by atoms with Crippen molar-refractivity contribution in [3.05, 3.63) is 89.6 Å². The lowest BCUT2D eigenvalue weighted by atomic mass is 9.82. The number of aromatic nitrogens is 1. The summed E-state index contributed by atoms with van der Waals surface area (Å²) in [5.41, 5.74) is 3.88. The zero-order chi connectivity index (χ0) is 21.0. The van der Waals surface area contributed by atoms with Gasteiger partial charge in [0.1, 0.15) is 5.82 Å². The van der Waals surface area contributed by atoms with E-state index in [2.05, 4.69) is 65.1 Å². The van der Waals surface area contributed by atoms with Gasteiger partial charge in [-0.05, 0) is 48.2 Å². The van der Waals surface area contributed by atoms with E-state index in [1.165, 1.54) is 11.1 Å². The van der Waals surface area contributed by atoms with E-state index in [-0.39, 0.29) is 11.6 Å². The molecule has 0 spiro atoms. The molecular formula is C25H27N5. The summed E-state index contributed by atoms with van der Waals surface area (Å²) < 4.78 is 0. The molecule has 3 N–H and O–H groups in total. The van der Waals surface area contributed by atoms with Gasteiger partial charge in [0.2, 0.25) is 0 Å². The van der Waals surface area contributed by atoms with Crippen LogP contribution in [0.15, 0.2) is 72.9 Å². The van der Waals surface area contributed by atoms with Gasteiger partial charge in [-0.3, -0.25) is 0 Å². The Morgan fingerprint density at radius 2 is 1.90 bits per heavy atom. The Kier molecular flexibility index (Phi) is 5.69. The molecular weight excluding hydrogens is 370 g/mol. The van der Waals surface area contributed by atoms with Crippen molar-refractivity contribution in [3.63, 3.8) is 0 Å². The zero-order valence-electron chi connectivity index (χ0n) is 17.4. The number of anilines is 2. The third-order valence-corrected chi connectivity index (χ3v) is 6.07. The van der Waals surface area contributed by atoms with Crippen molar-refractivity contribution < 1.29 is 0 Å². The Morgan fingerprint density at radius 3 is 2.63 bits per heavy atom. The number of nitriles is 1. The van der Waals surface area contributed by atoms with Gasteiger partial charge in [-0.25, -0.2) is 4.98 Å². The smallest absolute Gasteiger partial charge is 0.149 e. The maximum Gasteiger partial charge on any atom is 0.149 e. The van der Waals surface area contributed by atoms with Crippen LogP contribution in [0, 0.1) is 11.3 Å². The Hall–Kier alpha value is -3.36. The summed E-state index contributed by atoms with van der Waals surface area (Å²) in [5.74, 6) is 1.19. The molecule has 1 aliphatic rings. The molecule has 1 aromatic heterocycles. The lowest BCUT2D eigenvalue weighted by Crippen LogP contribution is -2.57. The highest BCUT2D eigenvalue weighted by Crippen LogP contribution is 2.33. The molecule has 2 aromatic carbocycles. The van der Waals surface area contributed by atoms with Crippen molar-refractivity contribution >= 4 is 11.5 Å². The second kappa shape index (κ2) is 8.56. The third-order valence-electron chi connectivity index (χ3n) is 6.07. The van der Waals surface area contributed by atoms with Gasteiger partial charge in [0.25, 0.3) is 0 Å². The van der Waals surface area contributed by atoms with Crippen molar-refractivity contribution in [1.82, 2.24) is 10.3 Å². The number of nitrogens with zero attached hydrogens (tertiary/aromatic N) is 2. The highest BCUT2D eigenvalue weighted by Gasteiger charge is 2.38. The minimum absolute atomic E-state index is 0.121. The quantitative estimate of drug-likeness (QED) is 0.572. The third kappa shape index (κ3) is 4.00. The number of hydrogen-bond acceptors (Lipinski definition) is 5. The van der Waals surface area contributed by atoms with Gasteiger partial charge in [-0.15, -0.1) is 0 Å². The molecule has 0 fully saturated rings. The van der Waals surface area contributed by atoms with E-state index in [1.54, 1.807) is 0 Å². The van der Waals surface area contributed by atoms with Crippen LogP contribution in [0.4, 0.5) is 11.5 Å². The van der Waals surface area contributed by atoms with Gasteiger partial charge in [-0.1, -0.05) is 49.4 Å². The second-order valence-electron chi connectivity index (χ2n) is 8.06. The maximum absolute atomic E-state index is 9.04. The highest BCUT2D eigenvalue weighted by atomic mass is 15.2. The van der Waals surface area contributed by atoms with Crippen LogP contribution < -0.4 is 16.0 Å². The molecule has 3 aromatic rings. The van der Waals surface area contributed by atoms with Gasteiger partial charge in [-0.2, -0.15) is 5.26 Å². The molecule has 2 heterocycles. The predicted octanol–water partition coefficient (Wildman–Crippen LogP) is 4.47. The number of benzene rings is 2. The number of rotatable bonds is 6. The van der Waals surface area contributed by atoms with E-state index >= 15 is 0 Å². The van der Waals surface area contributed by atoms with Crippen LogP contribution >= 0.6 is 0 Å². The maximum atomic E-state index is 9.04. The molecule has 0 bridgehead atoms. The molecule has 0 aliphatic carbocycles. The molecule has 0 unspecified atom stereocenters. The lowest BCUT2D eigenvalue weighted by Gasteiger charge is -2.43. The standard InChI is InChI=1S/C25H27N5/c1-18(20-12-10-19(15-26)11-13-20)16-29-25(2,21-7-4-3-5-8-21)23-17-28-22-9-6-14-27-24(22)30-23/h3-14,18,23,28-29H,16-17H2,1-2H3,(H,27,30)/t18-,23-,25+/m1/s1. The van der Waals surface area contributed by atoms with Crippen LogP contribution in [-0.2, 0) is 5.54 Å². The largest absolute Gasteiger partial charge is 0.380 e. The second-order valence-corrected chi connectivity index (χ2v) is 8.06. The zero-order valence-corrected chi connectivity index (χ0v) is 17.4. The molecule has 30 heavy (non-hydrogen) atoms. The van der Waals surface area contributed by atoms with Crippen LogP contribution in [0.1, 0.15) is 36.5 Å². The van der Waals surface area contributed by atoms with Gasteiger partial charge >= 0.3 is 0 Å². The summed E-state index contributed by atoms with van der Waals surface area (Å²) in [7, 11) is 0. The topological polar surface area (TPSA) is 72.8 Å². The van der Waals surface area contributed by atoms with Crippen molar-refractivity contribution in [2.45, 2.75) is 31.3 Å². The van der Waals surface area contributed by atoms with Crippen molar-refractivity contribution in [2.75, 3.05) is 23.7 Å². The summed E-state index contributed by atoms with van der Waals surface area (Å²) >= 11 is 0. The fourth-order valence-electron chi connectivity index (χ4n) is 4.02. The van der Waals surface area contributed by atoms with Crippen LogP contribution in [0.5, 0.6) is 0 Å². The summed E-state index contributed by atoms with van der Waals surface area (Å²) in [5, 5.41) is 20.0. The first-order valence-electron chi connectivity index (χ1n) is 10.4. The summed E-state index contributed by atoms with van der Waals surface area (Å²) in [6.45, 7) is 6.07. The average Bonchev–Trinajstić information content (AvgIpc) is 2.82. The van der Waals surface area contributed by atoms with E-state index in [0.717, 1.165) is 24.6 Å². The first-order chi connectivity index (χ1) is 14.6. The molecule has 5 heteroatoms. The lowest BCUT2D eigenvalue weighted by molar-refractivity contribution is 0.311. The Labute approximate surface area is 178 Å². The van der Waals surface area contributed by atoms with Crippen LogP contribution in [0.2, 0.25) is 0 Å². The fourth-order valence-corrected chi connectivity index (χ4v) is 4.02. The van der Waals surface area contributed by atoms with E-state index in [0.29, 0.717) is 11.5 Å². The fraction of sp³-hybridized carbons (Fsp3) is 0.280. The minimum Gasteiger partial charge on any atom is -0.380 e. The Balaban J connectivity index is 1.56. The minimum atomic E-state index is -0.301. The van der Waals surface area contributed by atoms with E-state index < -0.39 is 0 Å². The van der Waals surface area contributed by atoms with Crippen LogP contribution in [0.25, 0.3) is 0 Å². The summed E-state index contributed by atoms with van der Waals surface area (Å²) in [6.07, 6.45) is 1.82. The van der Waals surface area contributed by atoms with Crippen molar-refractivity contribution in [2.24, 2.45) is 0 Å². The van der Waals surface area contributed by atoms with Crippen LogP contribution in [0.3, 0.4) is 0 Å². The Morgan fingerprint density at radius 1 is 1.13 bits per heavy atom. The highest BCUT2D eigenvalue weighted by molar-refractivity contribution is 5.67. The summed E-state index contributed by atoms with van der Waals surface area (Å²) in [4.78, 5) is 4.51. The van der Waals surface area contributed by atoms with E-state index in [9.17, 15) is 0 Å². The van der Waals surface area contributed by atoms with Gasteiger partial charge in [0, 0.05) is 19.3 Å². The monoisotopic (exact) mass is 397 g/mol. The molecule has 5 nitrogen and oxygen atoms in total. The number of pyridine rings is 1. The predicted molar refractivity (Wildman–Crippen MR) is 122 cm³/mol. The van der Waals surface area contributed by atoms with Crippen LogP contribution in [-0.4, -0.2) is 24.1 Å². The average molecular weight is 398 g/mol. The summed E-state index contributed by atoms with van der Waals surface area (Å²) in [6, 6.07) is 24.7. The molecule has 0 radical (unpaired) electrons.